The van der Waals surface area contributed by atoms with Crippen LogP contribution in [0.4, 0.5) is 5.69 Å². The highest BCUT2D eigenvalue weighted by Crippen LogP contribution is 2.21. The predicted octanol–water partition coefficient (Wildman–Crippen LogP) is 1.89. The fourth-order valence-corrected chi connectivity index (χ4v) is 1.73. The Labute approximate surface area is 110 Å². The summed E-state index contributed by atoms with van der Waals surface area (Å²) in [6, 6.07) is 4.46. The lowest BCUT2D eigenvalue weighted by molar-refractivity contribution is -0.384. The summed E-state index contributed by atoms with van der Waals surface area (Å²) in [6.07, 6.45) is 2.47. The molecule has 1 atom stereocenters. The first kappa shape index (κ1) is 13.2. The van der Waals surface area contributed by atoms with Crippen LogP contribution in [0, 0.1) is 17.0 Å². The Balaban J connectivity index is 2.43. The van der Waals surface area contributed by atoms with Gasteiger partial charge >= 0.3 is 0 Å². The van der Waals surface area contributed by atoms with E-state index in [1.807, 2.05) is 13.8 Å². The molecule has 100 valence electrons. The molecule has 2 aromatic rings. The van der Waals surface area contributed by atoms with Gasteiger partial charge in [0, 0.05) is 12.1 Å². The van der Waals surface area contributed by atoms with Crippen molar-refractivity contribution >= 4 is 5.69 Å². The molecule has 0 radical (unpaired) electrons. The van der Waals surface area contributed by atoms with E-state index in [2.05, 4.69) is 10.3 Å². The standard InChI is InChI=1S/C12H15N5O2/c1-3-10(13)11-7-16(15-14-11)12-6-9(17(18)19)5-4-8(12)2/h4-7,10H,3,13H2,1-2H3. The van der Waals surface area contributed by atoms with Gasteiger partial charge < -0.3 is 5.73 Å². The Morgan fingerprint density at radius 3 is 2.89 bits per heavy atom. The van der Waals surface area contributed by atoms with Crippen molar-refractivity contribution in [1.82, 2.24) is 15.0 Å². The van der Waals surface area contributed by atoms with E-state index in [0.29, 0.717) is 11.4 Å². The number of aromatic nitrogens is 3. The molecule has 7 heteroatoms. The molecule has 0 aliphatic carbocycles. The molecule has 19 heavy (non-hydrogen) atoms. The van der Waals surface area contributed by atoms with E-state index >= 15 is 0 Å². The van der Waals surface area contributed by atoms with Crippen LogP contribution in [0.3, 0.4) is 0 Å². The highest BCUT2D eigenvalue weighted by atomic mass is 16.6. The largest absolute Gasteiger partial charge is 0.323 e. The van der Waals surface area contributed by atoms with Crippen molar-refractivity contribution in [1.29, 1.82) is 0 Å². The summed E-state index contributed by atoms with van der Waals surface area (Å²) < 4.78 is 1.52. The van der Waals surface area contributed by atoms with Crippen molar-refractivity contribution in [2.45, 2.75) is 26.3 Å². The van der Waals surface area contributed by atoms with E-state index in [1.54, 1.807) is 12.3 Å². The van der Waals surface area contributed by atoms with Gasteiger partial charge in [-0.1, -0.05) is 18.2 Å². The van der Waals surface area contributed by atoms with Crippen molar-refractivity contribution in [3.05, 3.63) is 45.8 Å². The molecule has 0 aliphatic heterocycles. The van der Waals surface area contributed by atoms with Crippen LogP contribution in [0.15, 0.2) is 24.4 Å². The second-order valence-electron chi connectivity index (χ2n) is 4.33. The van der Waals surface area contributed by atoms with Crippen LogP contribution in [-0.2, 0) is 0 Å². The second-order valence-corrected chi connectivity index (χ2v) is 4.33. The number of aryl methyl sites for hydroxylation is 1. The summed E-state index contributed by atoms with van der Waals surface area (Å²) in [5.41, 5.74) is 8.09. The number of hydrogen-bond acceptors (Lipinski definition) is 5. The monoisotopic (exact) mass is 261 g/mol. The average Bonchev–Trinajstić information content (AvgIpc) is 2.87. The maximum atomic E-state index is 10.8. The van der Waals surface area contributed by atoms with Crippen LogP contribution in [0.1, 0.15) is 30.6 Å². The van der Waals surface area contributed by atoms with E-state index in [-0.39, 0.29) is 11.7 Å². The second kappa shape index (κ2) is 5.15. The molecule has 0 amide bonds. The molecule has 1 aromatic carbocycles. The summed E-state index contributed by atoms with van der Waals surface area (Å²) in [5, 5.41) is 18.8. The highest BCUT2D eigenvalue weighted by Gasteiger charge is 2.13. The molecule has 1 heterocycles. The molecule has 2 rings (SSSR count). The maximum Gasteiger partial charge on any atom is 0.271 e. The summed E-state index contributed by atoms with van der Waals surface area (Å²) in [4.78, 5) is 10.4. The number of nitrogens with zero attached hydrogens (tertiary/aromatic N) is 4. The molecular weight excluding hydrogens is 246 g/mol. The molecule has 1 unspecified atom stereocenters. The summed E-state index contributed by atoms with van der Waals surface area (Å²) in [6.45, 7) is 3.82. The minimum absolute atomic E-state index is 0.0254. The fourth-order valence-electron chi connectivity index (χ4n) is 1.73. The molecule has 0 saturated heterocycles. The molecule has 0 bridgehead atoms. The fraction of sp³-hybridized carbons (Fsp3) is 0.333. The molecule has 0 saturated carbocycles. The zero-order valence-corrected chi connectivity index (χ0v) is 10.8. The van der Waals surface area contributed by atoms with Gasteiger partial charge in [0.25, 0.3) is 5.69 Å². The Bertz CT molecular complexity index is 608. The van der Waals surface area contributed by atoms with Crippen molar-refractivity contribution < 1.29 is 4.92 Å². The van der Waals surface area contributed by atoms with Crippen LogP contribution in [0.5, 0.6) is 0 Å². The number of nitro groups is 1. The predicted molar refractivity (Wildman–Crippen MR) is 70.0 cm³/mol. The Morgan fingerprint density at radius 1 is 1.53 bits per heavy atom. The minimum Gasteiger partial charge on any atom is -0.323 e. The van der Waals surface area contributed by atoms with E-state index < -0.39 is 4.92 Å². The zero-order valence-electron chi connectivity index (χ0n) is 10.8. The Hall–Kier alpha value is -2.28. The SMILES string of the molecule is CCC(N)c1cn(-c2cc([N+](=O)[O-])ccc2C)nn1. The molecular formula is C12H15N5O2. The van der Waals surface area contributed by atoms with Crippen molar-refractivity contribution in [3.8, 4) is 5.69 Å². The van der Waals surface area contributed by atoms with Gasteiger partial charge in [-0.05, 0) is 18.9 Å². The van der Waals surface area contributed by atoms with Gasteiger partial charge in [-0.15, -0.1) is 5.10 Å². The summed E-state index contributed by atoms with van der Waals surface area (Å²) in [5.74, 6) is 0. The first-order valence-electron chi connectivity index (χ1n) is 5.96. The van der Waals surface area contributed by atoms with Gasteiger partial charge in [0.2, 0.25) is 0 Å². The first-order chi connectivity index (χ1) is 9.02. The van der Waals surface area contributed by atoms with E-state index in [0.717, 1.165) is 12.0 Å². The van der Waals surface area contributed by atoms with Crippen LogP contribution < -0.4 is 5.73 Å². The Morgan fingerprint density at radius 2 is 2.26 bits per heavy atom. The molecule has 0 aliphatic rings. The van der Waals surface area contributed by atoms with Gasteiger partial charge in [0.15, 0.2) is 0 Å². The van der Waals surface area contributed by atoms with E-state index in [9.17, 15) is 10.1 Å². The van der Waals surface area contributed by atoms with Gasteiger partial charge in [0.05, 0.1) is 28.5 Å². The third kappa shape index (κ3) is 2.60. The van der Waals surface area contributed by atoms with Crippen LogP contribution in [-0.4, -0.2) is 19.9 Å². The van der Waals surface area contributed by atoms with Crippen molar-refractivity contribution in [2.75, 3.05) is 0 Å². The number of rotatable bonds is 4. The van der Waals surface area contributed by atoms with Gasteiger partial charge in [0.1, 0.15) is 0 Å². The number of nitro benzene ring substituents is 1. The van der Waals surface area contributed by atoms with E-state index in [1.165, 1.54) is 16.8 Å². The summed E-state index contributed by atoms with van der Waals surface area (Å²) >= 11 is 0. The van der Waals surface area contributed by atoms with E-state index in [4.69, 9.17) is 5.73 Å². The Kier molecular flexibility index (Phi) is 3.57. The van der Waals surface area contributed by atoms with Crippen molar-refractivity contribution in [3.63, 3.8) is 0 Å². The van der Waals surface area contributed by atoms with Crippen LogP contribution in [0.25, 0.3) is 5.69 Å². The van der Waals surface area contributed by atoms with Gasteiger partial charge in [-0.3, -0.25) is 10.1 Å². The summed E-state index contributed by atoms with van der Waals surface area (Å²) in [7, 11) is 0. The number of non-ortho nitro benzene ring substituents is 1. The maximum absolute atomic E-state index is 10.8. The van der Waals surface area contributed by atoms with Gasteiger partial charge in [-0.25, -0.2) is 4.68 Å². The molecule has 0 spiro atoms. The molecule has 0 fully saturated rings. The quantitative estimate of drug-likeness (QED) is 0.669. The van der Waals surface area contributed by atoms with Crippen LogP contribution >= 0.6 is 0 Å². The lowest BCUT2D eigenvalue weighted by Crippen LogP contribution is -2.08. The molecule has 2 N–H and O–H groups in total. The number of hydrogen-bond donors (Lipinski definition) is 1. The molecule has 7 nitrogen and oxygen atoms in total. The lowest BCUT2D eigenvalue weighted by atomic mass is 10.1. The van der Waals surface area contributed by atoms with Crippen molar-refractivity contribution in [2.24, 2.45) is 5.73 Å². The third-order valence-corrected chi connectivity index (χ3v) is 2.98. The highest BCUT2D eigenvalue weighted by molar-refractivity contribution is 5.48. The number of nitrogens with two attached hydrogens (primary N) is 1. The zero-order chi connectivity index (χ0) is 14.0. The third-order valence-electron chi connectivity index (χ3n) is 2.98. The topological polar surface area (TPSA) is 99.9 Å². The average molecular weight is 261 g/mol. The lowest BCUT2D eigenvalue weighted by Gasteiger charge is -2.05. The normalized spacial score (nSPS) is 12.4. The smallest absolute Gasteiger partial charge is 0.271 e. The van der Waals surface area contributed by atoms with Gasteiger partial charge in [-0.2, -0.15) is 0 Å². The van der Waals surface area contributed by atoms with Crippen LogP contribution in [0.2, 0.25) is 0 Å². The minimum atomic E-state index is -0.432. The molecule has 1 aromatic heterocycles. The number of benzene rings is 1. The first-order valence-corrected chi connectivity index (χ1v) is 5.96.